The Kier molecular flexibility index (Phi) is 6.56. The minimum atomic E-state index is 0.444. The maximum Gasteiger partial charge on any atom is 0.0398 e. The number of rotatable bonds is 8. The highest BCUT2D eigenvalue weighted by molar-refractivity contribution is 5.57. The molecule has 118 valence electrons. The molecule has 0 spiro atoms. The van der Waals surface area contributed by atoms with Crippen molar-refractivity contribution in [3.05, 3.63) is 29.3 Å². The predicted molar refractivity (Wildman–Crippen MR) is 93.2 cm³/mol. The monoisotopic (exact) mass is 288 g/mol. The van der Waals surface area contributed by atoms with Crippen molar-refractivity contribution in [2.24, 2.45) is 0 Å². The summed E-state index contributed by atoms with van der Waals surface area (Å²) < 4.78 is 0. The summed E-state index contributed by atoms with van der Waals surface area (Å²) in [5.41, 5.74) is 4.46. The third-order valence-electron chi connectivity index (χ3n) is 4.78. The Labute approximate surface area is 130 Å². The number of nitrogens with one attached hydrogen (secondary N) is 1. The summed E-state index contributed by atoms with van der Waals surface area (Å²) in [6.45, 7) is 6.99. The van der Waals surface area contributed by atoms with Crippen molar-refractivity contribution in [2.75, 3.05) is 25.0 Å². The molecule has 1 aliphatic rings. The average Bonchev–Trinajstić information content (AvgIpc) is 2.53. The van der Waals surface area contributed by atoms with E-state index in [9.17, 15) is 0 Å². The van der Waals surface area contributed by atoms with Gasteiger partial charge in [0.05, 0.1) is 0 Å². The van der Waals surface area contributed by atoms with Crippen LogP contribution >= 0.6 is 0 Å². The molecule has 1 atom stereocenters. The highest BCUT2D eigenvalue weighted by Gasteiger charge is 2.17. The summed E-state index contributed by atoms with van der Waals surface area (Å²) in [6.07, 6.45) is 9.39. The van der Waals surface area contributed by atoms with Crippen LogP contribution in [-0.4, -0.2) is 20.1 Å². The number of hydrogen-bond acceptors (Lipinski definition) is 2. The molecule has 0 aromatic heterocycles. The SMILES string of the molecule is CCCCCCCN1CCCc2cc(C(C)NC)ccc21. The lowest BCUT2D eigenvalue weighted by Gasteiger charge is -2.32. The Morgan fingerprint density at radius 1 is 1.19 bits per heavy atom. The molecule has 2 rings (SSSR count). The predicted octanol–water partition coefficient (Wildman–Crippen LogP) is 4.69. The van der Waals surface area contributed by atoms with Crippen LogP contribution in [0.15, 0.2) is 18.2 Å². The largest absolute Gasteiger partial charge is 0.371 e. The van der Waals surface area contributed by atoms with Crippen LogP contribution in [0.1, 0.15) is 69.5 Å². The molecule has 0 saturated carbocycles. The van der Waals surface area contributed by atoms with Crippen LogP contribution in [0.25, 0.3) is 0 Å². The summed E-state index contributed by atoms with van der Waals surface area (Å²) in [6, 6.07) is 7.51. The van der Waals surface area contributed by atoms with Gasteiger partial charge in [0, 0.05) is 24.8 Å². The zero-order chi connectivity index (χ0) is 15.1. The number of nitrogens with zero attached hydrogens (tertiary/aromatic N) is 1. The Balaban J connectivity index is 1.96. The second-order valence-electron chi connectivity index (χ2n) is 6.40. The highest BCUT2D eigenvalue weighted by Crippen LogP contribution is 2.30. The van der Waals surface area contributed by atoms with Crippen LogP contribution in [0, 0.1) is 0 Å². The van der Waals surface area contributed by atoms with Gasteiger partial charge in [-0.05, 0) is 50.4 Å². The molecule has 0 fully saturated rings. The van der Waals surface area contributed by atoms with Crippen molar-refractivity contribution in [2.45, 2.75) is 64.8 Å². The fourth-order valence-corrected chi connectivity index (χ4v) is 3.27. The van der Waals surface area contributed by atoms with Gasteiger partial charge in [0.2, 0.25) is 0 Å². The molecule has 1 aromatic carbocycles. The number of anilines is 1. The molecule has 2 nitrogen and oxygen atoms in total. The minimum absolute atomic E-state index is 0.444. The average molecular weight is 288 g/mol. The summed E-state index contributed by atoms with van der Waals surface area (Å²) in [5, 5.41) is 3.34. The topological polar surface area (TPSA) is 15.3 Å². The van der Waals surface area contributed by atoms with Crippen molar-refractivity contribution in [3.63, 3.8) is 0 Å². The standard InChI is InChI=1S/C19H32N2/c1-4-5-6-7-8-13-21-14-9-10-18-15-17(16(2)20-3)11-12-19(18)21/h11-12,15-16,20H,4-10,13-14H2,1-3H3. The molecular weight excluding hydrogens is 256 g/mol. The third kappa shape index (κ3) is 4.47. The zero-order valence-electron chi connectivity index (χ0n) is 14.1. The van der Waals surface area contributed by atoms with E-state index in [0.29, 0.717) is 6.04 Å². The van der Waals surface area contributed by atoms with Crippen molar-refractivity contribution >= 4 is 5.69 Å². The van der Waals surface area contributed by atoms with E-state index >= 15 is 0 Å². The van der Waals surface area contributed by atoms with E-state index in [2.05, 4.69) is 42.3 Å². The van der Waals surface area contributed by atoms with Gasteiger partial charge in [-0.2, -0.15) is 0 Å². The van der Waals surface area contributed by atoms with Gasteiger partial charge in [-0.3, -0.25) is 0 Å². The smallest absolute Gasteiger partial charge is 0.0398 e. The van der Waals surface area contributed by atoms with Crippen LogP contribution in [0.5, 0.6) is 0 Å². The van der Waals surface area contributed by atoms with Crippen molar-refractivity contribution < 1.29 is 0 Å². The van der Waals surface area contributed by atoms with E-state index in [1.165, 1.54) is 69.3 Å². The molecule has 2 heteroatoms. The van der Waals surface area contributed by atoms with Crippen LogP contribution in [0.4, 0.5) is 5.69 Å². The van der Waals surface area contributed by atoms with Gasteiger partial charge in [-0.25, -0.2) is 0 Å². The van der Waals surface area contributed by atoms with E-state index in [1.807, 2.05) is 7.05 Å². The van der Waals surface area contributed by atoms with Gasteiger partial charge in [0.1, 0.15) is 0 Å². The molecule has 1 unspecified atom stereocenters. The Bertz CT molecular complexity index is 428. The van der Waals surface area contributed by atoms with E-state index in [-0.39, 0.29) is 0 Å². The molecule has 1 aromatic rings. The normalized spacial score (nSPS) is 15.9. The highest BCUT2D eigenvalue weighted by atomic mass is 15.1. The summed E-state index contributed by atoms with van der Waals surface area (Å²) in [7, 11) is 2.03. The number of aryl methyl sites for hydroxylation is 1. The molecule has 0 amide bonds. The lowest BCUT2D eigenvalue weighted by Crippen LogP contribution is -2.30. The molecule has 1 N–H and O–H groups in total. The lowest BCUT2D eigenvalue weighted by atomic mass is 9.96. The van der Waals surface area contributed by atoms with Gasteiger partial charge < -0.3 is 10.2 Å². The summed E-state index contributed by atoms with van der Waals surface area (Å²) >= 11 is 0. The van der Waals surface area contributed by atoms with Crippen LogP contribution in [-0.2, 0) is 6.42 Å². The molecule has 0 bridgehead atoms. The maximum absolute atomic E-state index is 3.34. The van der Waals surface area contributed by atoms with Crippen LogP contribution in [0.2, 0.25) is 0 Å². The molecule has 21 heavy (non-hydrogen) atoms. The summed E-state index contributed by atoms with van der Waals surface area (Å²) in [5.74, 6) is 0. The lowest BCUT2D eigenvalue weighted by molar-refractivity contribution is 0.601. The first-order valence-electron chi connectivity index (χ1n) is 8.81. The van der Waals surface area contributed by atoms with E-state index in [4.69, 9.17) is 0 Å². The molecular formula is C19H32N2. The fraction of sp³-hybridized carbons (Fsp3) is 0.684. The van der Waals surface area contributed by atoms with Gasteiger partial charge >= 0.3 is 0 Å². The van der Waals surface area contributed by atoms with Gasteiger partial charge in [-0.1, -0.05) is 44.7 Å². The molecule has 1 aliphatic heterocycles. The first-order chi connectivity index (χ1) is 10.3. The Morgan fingerprint density at radius 3 is 2.76 bits per heavy atom. The molecule has 0 aliphatic carbocycles. The van der Waals surface area contributed by atoms with Gasteiger partial charge in [0.15, 0.2) is 0 Å². The zero-order valence-corrected chi connectivity index (χ0v) is 14.1. The number of hydrogen-bond donors (Lipinski definition) is 1. The van der Waals surface area contributed by atoms with E-state index < -0.39 is 0 Å². The second-order valence-corrected chi connectivity index (χ2v) is 6.40. The van der Waals surface area contributed by atoms with E-state index in [0.717, 1.165) is 0 Å². The molecule has 0 radical (unpaired) electrons. The maximum atomic E-state index is 3.34. The third-order valence-corrected chi connectivity index (χ3v) is 4.78. The fourth-order valence-electron chi connectivity index (χ4n) is 3.27. The van der Waals surface area contributed by atoms with Crippen molar-refractivity contribution in [1.82, 2.24) is 5.32 Å². The first kappa shape index (κ1) is 16.4. The van der Waals surface area contributed by atoms with E-state index in [1.54, 1.807) is 5.56 Å². The number of fused-ring (bicyclic) bond motifs is 1. The number of benzene rings is 1. The quantitative estimate of drug-likeness (QED) is 0.698. The minimum Gasteiger partial charge on any atom is -0.371 e. The van der Waals surface area contributed by atoms with Crippen LogP contribution < -0.4 is 10.2 Å². The van der Waals surface area contributed by atoms with Crippen LogP contribution in [0.3, 0.4) is 0 Å². The van der Waals surface area contributed by atoms with Crippen molar-refractivity contribution in [3.8, 4) is 0 Å². The Morgan fingerprint density at radius 2 is 2.00 bits per heavy atom. The number of unbranched alkanes of at least 4 members (excludes halogenated alkanes) is 4. The summed E-state index contributed by atoms with van der Waals surface area (Å²) in [4.78, 5) is 2.61. The Hall–Kier alpha value is -1.02. The first-order valence-corrected chi connectivity index (χ1v) is 8.81. The molecule has 0 saturated heterocycles. The molecule has 1 heterocycles. The second kappa shape index (κ2) is 8.43. The van der Waals surface area contributed by atoms with Crippen molar-refractivity contribution in [1.29, 1.82) is 0 Å². The van der Waals surface area contributed by atoms with Gasteiger partial charge in [0.25, 0.3) is 0 Å². The van der Waals surface area contributed by atoms with Gasteiger partial charge in [-0.15, -0.1) is 0 Å².